The number of halogens is 3. The van der Waals surface area contributed by atoms with Crippen LogP contribution in [-0.2, 0) is 29.0 Å². The summed E-state index contributed by atoms with van der Waals surface area (Å²) in [6, 6.07) is 7.82. The molecule has 0 spiro atoms. The fraction of sp³-hybridized carbons (Fsp3) is 0.308. The highest BCUT2D eigenvalue weighted by Crippen LogP contribution is 2.49. The summed E-state index contributed by atoms with van der Waals surface area (Å²) in [5.41, 5.74) is 0.535. The number of hydrogen-bond donors (Lipinski definition) is 1. The fourth-order valence-corrected chi connectivity index (χ4v) is 6.99. The monoisotopic (exact) mass is 596 g/mol. The van der Waals surface area contributed by atoms with E-state index in [1.165, 1.54) is 19.3 Å². The van der Waals surface area contributed by atoms with E-state index in [2.05, 4.69) is 5.32 Å². The molecule has 3 saturated heterocycles. The number of β-lactam (4-membered cyclic amide) rings is 1. The standard InChI is InChI=1S/C20H14Cl2FNO5S.C6H9NO2/c1-29-16-4-2-13(21)7-11(16)6-12-10-24-18(25)9-20(24,19(12)26)30(27,28)17-5-3-14(22)8-15(17)23;8-5-1-2-6(9)7-4-3-5/h2-8H,9-10H2,1H3;1-4H2,(H,7,9). The number of ketones is 2. The number of carbonyl (C=O) groups excluding carboxylic acids is 4. The van der Waals surface area contributed by atoms with Gasteiger partial charge in [0.05, 0.1) is 20.1 Å². The van der Waals surface area contributed by atoms with Gasteiger partial charge in [-0.1, -0.05) is 23.2 Å². The Kier molecular flexibility index (Phi) is 8.15. The van der Waals surface area contributed by atoms with Gasteiger partial charge in [0.15, 0.2) is 0 Å². The second-order valence-electron chi connectivity index (χ2n) is 9.04. The number of carbonyl (C=O) groups is 4. The Morgan fingerprint density at radius 1 is 1.03 bits per heavy atom. The molecule has 3 heterocycles. The lowest BCUT2D eigenvalue weighted by molar-refractivity contribution is -0.150. The second-order valence-corrected chi connectivity index (χ2v) is 12.0. The van der Waals surface area contributed by atoms with E-state index < -0.39 is 43.5 Å². The molecule has 0 saturated carbocycles. The number of Topliss-reactive ketones (excluding diaryl/α,β-unsaturated/α-hetero) is 2. The van der Waals surface area contributed by atoms with Crippen molar-refractivity contribution in [2.45, 2.75) is 35.4 Å². The zero-order chi connectivity index (χ0) is 28.5. The van der Waals surface area contributed by atoms with E-state index in [0.29, 0.717) is 42.1 Å². The Labute approximate surface area is 233 Å². The highest BCUT2D eigenvalue weighted by Gasteiger charge is 2.70. The molecule has 0 aliphatic carbocycles. The van der Waals surface area contributed by atoms with Crippen molar-refractivity contribution in [2.24, 2.45) is 0 Å². The number of methoxy groups -OCH3 is 1. The number of hydrogen-bond acceptors (Lipinski definition) is 7. The molecule has 0 aromatic heterocycles. The van der Waals surface area contributed by atoms with Crippen molar-refractivity contribution in [2.75, 3.05) is 20.2 Å². The maximum atomic E-state index is 14.4. The van der Waals surface area contributed by atoms with Crippen LogP contribution in [0, 0.1) is 5.82 Å². The molecule has 3 aliphatic heterocycles. The molecule has 0 bridgehead atoms. The van der Waals surface area contributed by atoms with Crippen LogP contribution in [0.3, 0.4) is 0 Å². The molecule has 3 aliphatic rings. The number of amides is 2. The molecule has 206 valence electrons. The normalized spacial score (nSPS) is 21.9. The number of sulfone groups is 1. The molecule has 2 aromatic carbocycles. The van der Waals surface area contributed by atoms with Gasteiger partial charge in [-0.25, -0.2) is 12.8 Å². The van der Waals surface area contributed by atoms with Crippen LogP contribution in [0.15, 0.2) is 46.9 Å². The number of fused-ring (bicyclic) bond motifs is 1. The third-order valence-electron chi connectivity index (χ3n) is 6.61. The number of ether oxygens (including phenoxy) is 1. The summed E-state index contributed by atoms with van der Waals surface area (Å²) in [5, 5.41) is 3.01. The van der Waals surface area contributed by atoms with Crippen molar-refractivity contribution in [3.05, 3.63) is 63.4 Å². The van der Waals surface area contributed by atoms with Crippen LogP contribution in [0.2, 0.25) is 10.0 Å². The summed E-state index contributed by atoms with van der Waals surface area (Å²) < 4.78 is 46.3. The van der Waals surface area contributed by atoms with Gasteiger partial charge in [0.1, 0.15) is 22.2 Å². The van der Waals surface area contributed by atoms with E-state index in [-0.39, 0.29) is 28.8 Å². The molecule has 0 radical (unpaired) electrons. The summed E-state index contributed by atoms with van der Waals surface area (Å²) in [5.74, 6) is -1.77. The van der Waals surface area contributed by atoms with E-state index in [1.54, 1.807) is 18.2 Å². The lowest BCUT2D eigenvalue weighted by atomic mass is 9.99. The Balaban J connectivity index is 0.000000333. The number of nitrogens with zero attached hydrogens (tertiary/aromatic N) is 1. The summed E-state index contributed by atoms with van der Waals surface area (Å²) in [7, 11) is -3.12. The van der Waals surface area contributed by atoms with E-state index >= 15 is 0 Å². The zero-order valence-corrected chi connectivity index (χ0v) is 23.0. The first-order chi connectivity index (χ1) is 18.4. The molecule has 2 amide bonds. The highest BCUT2D eigenvalue weighted by atomic mass is 35.5. The summed E-state index contributed by atoms with van der Waals surface area (Å²) in [4.78, 5) is 44.7. The van der Waals surface area contributed by atoms with Crippen LogP contribution in [0.4, 0.5) is 4.39 Å². The zero-order valence-electron chi connectivity index (χ0n) is 20.6. The van der Waals surface area contributed by atoms with Crippen LogP contribution in [0.1, 0.15) is 31.2 Å². The van der Waals surface area contributed by atoms with Gasteiger partial charge in [-0.2, -0.15) is 0 Å². The summed E-state index contributed by atoms with van der Waals surface area (Å²) >= 11 is 11.7. The molecule has 1 atom stereocenters. The van der Waals surface area contributed by atoms with Gasteiger partial charge < -0.3 is 15.0 Å². The lowest BCUT2D eigenvalue weighted by Gasteiger charge is -2.44. The number of benzene rings is 2. The predicted octanol–water partition coefficient (Wildman–Crippen LogP) is 3.37. The topological polar surface area (TPSA) is 127 Å². The minimum absolute atomic E-state index is 0.000787. The lowest BCUT2D eigenvalue weighted by Crippen LogP contribution is -2.67. The third-order valence-corrected chi connectivity index (χ3v) is 9.43. The van der Waals surface area contributed by atoms with Crippen molar-refractivity contribution in [3.63, 3.8) is 0 Å². The van der Waals surface area contributed by atoms with E-state index in [0.717, 1.165) is 17.0 Å². The van der Waals surface area contributed by atoms with Crippen molar-refractivity contribution in [1.29, 1.82) is 0 Å². The first-order valence-electron chi connectivity index (χ1n) is 11.8. The average molecular weight is 597 g/mol. The first kappa shape index (κ1) is 28.7. The summed E-state index contributed by atoms with van der Waals surface area (Å²) in [6.07, 6.45) is 2.19. The highest BCUT2D eigenvalue weighted by molar-refractivity contribution is 7.93. The summed E-state index contributed by atoms with van der Waals surface area (Å²) in [6.45, 7) is 0.305. The minimum atomic E-state index is -4.56. The van der Waals surface area contributed by atoms with Crippen molar-refractivity contribution in [3.8, 4) is 5.75 Å². The van der Waals surface area contributed by atoms with Crippen molar-refractivity contribution < 1.29 is 36.7 Å². The molecule has 1 N–H and O–H groups in total. The molecule has 3 fully saturated rings. The smallest absolute Gasteiger partial charge is 0.228 e. The van der Waals surface area contributed by atoms with Crippen molar-refractivity contribution >= 4 is 62.5 Å². The minimum Gasteiger partial charge on any atom is -0.496 e. The number of rotatable bonds is 4. The van der Waals surface area contributed by atoms with E-state index in [4.69, 9.17) is 27.9 Å². The first-order valence-corrected chi connectivity index (χ1v) is 14.0. The fourth-order valence-electron chi connectivity index (χ4n) is 4.58. The third kappa shape index (κ3) is 5.30. The molecule has 13 heteroatoms. The maximum Gasteiger partial charge on any atom is 0.228 e. The van der Waals surface area contributed by atoms with Crippen LogP contribution < -0.4 is 10.1 Å². The van der Waals surface area contributed by atoms with Crippen molar-refractivity contribution in [1.82, 2.24) is 10.2 Å². The van der Waals surface area contributed by atoms with Gasteiger partial charge >= 0.3 is 0 Å². The van der Waals surface area contributed by atoms with Gasteiger partial charge in [-0.15, -0.1) is 0 Å². The molecule has 5 rings (SSSR count). The van der Waals surface area contributed by atoms with Crippen LogP contribution in [0.5, 0.6) is 5.75 Å². The van der Waals surface area contributed by atoms with Gasteiger partial charge in [0.25, 0.3) is 0 Å². The maximum absolute atomic E-state index is 14.4. The molecular weight excluding hydrogens is 574 g/mol. The van der Waals surface area contributed by atoms with Gasteiger partial charge in [-0.05, 0) is 42.5 Å². The molecule has 2 aromatic rings. The quantitative estimate of drug-likeness (QED) is 0.423. The largest absolute Gasteiger partial charge is 0.496 e. The molecular formula is C26H23Cl2FN2O7S. The van der Waals surface area contributed by atoms with Crippen LogP contribution in [0.25, 0.3) is 6.08 Å². The van der Waals surface area contributed by atoms with Gasteiger partial charge in [-0.3, -0.25) is 19.2 Å². The van der Waals surface area contributed by atoms with Gasteiger partial charge in [0, 0.05) is 47.0 Å². The Bertz CT molecular complexity index is 1510. The average Bonchev–Trinajstić information content (AvgIpc) is 2.96. The molecule has 39 heavy (non-hydrogen) atoms. The van der Waals surface area contributed by atoms with E-state index in [9.17, 15) is 32.0 Å². The molecule has 9 nitrogen and oxygen atoms in total. The second kappa shape index (κ2) is 11.1. The van der Waals surface area contributed by atoms with Gasteiger partial charge in [0.2, 0.25) is 32.3 Å². The Morgan fingerprint density at radius 2 is 1.72 bits per heavy atom. The SMILES string of the molecule is COc1ccc(Cl)cc1C=C1CN2C(=O)CC2(S(=O)(=O)c2ccc(Cl)cc2F)C1=O.O=C1CCNC(=O)CC1. The van der Waals surface area contributed by atoms with Crippen LogP contribution in [-0.4, -0.2) is 61.8 Å². The molecule has 1 unspecified atom stereocenters. The Hall–Kier alpha value is -3.28. The van der Waals surface area contributed by atoms with E-state index in [1.807, 2.05) is 0 Å². The number of nitrogens with one attached hydrogen (secondary N) is 1. The van der Waals surface area contributed by atoms with Crippen LogP contribution >= 0.6 is 23.2 Å². The predicted molar refractivity (Wildman–Crippen MR) is 141 cm³/mol. The Morgan fingerprint density at radius 3 is 2.38 bits per heavy atom.